The van der Waals surface area contributed by atoms with Crippen molar-refractivity contribution in [3.05, 3.63) is 57.3 Å². The zero-order chi connectivity index (χ0) is 17.5. The van der Waals surface area contributed by atoms with E-state index in [1.165, 1.54) is 0 Å². The van der Waals surface area contributed by atoms with Crippen molar-refractivity contribution in [2.75, 3.05) is 13.2 Å². The molecule has 0 atom stereocenters. The second-order valence-electron chi connectivity index (χ2n) is 5.16. The van der Waals surface area contributed by atoms with Crippen LogP contribution in [0.3, 0.4) is 0 Å². The third-order valence-corrected chi connectivity index (χ3v) is 4.93. The largest absolute Gasteiger partial charge is 0.459 e. The molecule has 25 heavy (non-hydrogen) atoms. The van der Waals surface area contributed by atoms with Gasteiger partial charge in [-0.05, 0) is 44.8 Å². The monoisotopic (exact) mass is 380 g/mol. The number of esters is 2. The van der Waals surface area contributed by atoms with Gasteiger partial charge in [-0.3, -0.25) is 0 Å². The number of carbonyl (C=O) groups excluding carboxylic acids is 2. The van der Waals surface area contributed by atoms with E-state index in [4.69, 9.17) is 18.9 Å². The molecule has 3 rings (SSSR count). The Balaban J connectivity index is 1.52. The van der Waals surface area contributed by atoms with Gasteiger partial charge in [-0.2, -0.15) is 22.7 Å². The second-order valence-corrected chi connectivity index (χ2v) is 6.72. The van der Waals surface area contributed by atoms with E-state index < -0.39 is 17.7 Å². The van der Waals surface area contributed by atoms with Gasteiger partial charge in [0.25, 0.3) is 0 Å². The molecule has 0 unspecified atom stereocenters. The number of hydrogen-bond acceptors (Lipinski definition) is 8. The van der Waals surface area contributed by atoms with Gasteiger partial charge in [0.05, 0.1) is 13.2 Å². The lowest BCUT2D eigenvalue weighted by molar-refractivity contribution is -0.217. The summed E-state index contributed by atoms with van der Waals surface area (Å²) in [6.07, 6.45) is 3.35. The molecule has 0 bridgehead atoms. The van der Waals surface area contributed by atoms with E-state index in [9.17, 15) is 9.59 Å². The zero-order valence-electron chi connectivity index (χ0n) is 13.2. The van der Waals surface area contributed by atoms with Crippen LogP contribution in [0, 0.1) is 0 Å². The summed E-state index contributed by atoms with van der Waals surface area (Å²) in [6.45, 7) is 0.235. The summed E-state index contributed by atoms with van der Waals surface area (Å²) in [5, 5.41) is 7.81. The molecule has 1 aliphatic rings. The Hall–Kier alpha value is -2.32. The van der Waals surface area contributed by atoms with Gasteiger partial charge in [0, 0.05) is 12.8 Å². The molecule has 3 heterocycles. The maximum Gasteiger partial charge on any atom is 0.452 e. The summed E-state index contributed by atoms with van der Waals surface area (Å²) in [5.74, 6) is -4.05. The minimum Gasteiger partial charge on any atom is -0.459 e. The molecular weight excluding hydrogens is 364 g/mol. The summed E-state index contributed by atoms with van der Waals surface area (Å²) < 4.78 is 20.5. The highest BCUT2D eigenvalue weighted by Gasteiger charge is 2.56. The Morgan fingerprint density at radius 1 is 0.880 bits per heavy atom. The minimum absolute atomic E-state index is 0.117. The maximum absolute atomic E-state index is 12.3. The van der Waals surface area contributed by atoms with E-state index in [-0.39, 0.29) is 13.2 Å². The van der Waals surface area contributed by atoms with Crippen molar-refractivity contribution in [1.82, 2.24) is 0 Å². The van der Waals surface area contributed by atoms with Crippen molar-refractivity contribution in [1.29, 1.82) is 0 Å². The smallest absolute Gasteiger partial charge is 0.452 e. The van der Waals surface area contributed by atoms with E-state index in [2.05, 4.69) is 0 Å². The number of rotatable bonds is 8. The van der Waals surface area contributed by atoms with Crippen LogP contribution in [0.4, 0.5) is 0 Å². The fourth-order valence-corrected chi connectivity index (χ4v) is 3.54. The molecular formula is C17H16O6S2. The molecule has 8 heteroatoms. The van der Waals surface area contributed by atoms with Crippen molar-refractivity contribution in [2.24, 2.45) is 0 Å². The van der Waals surface area contributed by atoms with E-state index in [1.807, 2.05) is 33.7 Å². The molecule has 0 fully saturated rings. The highest BCUT2D eigenvalue weighted by molar-refractivity contribution is 7.08. The minimum atomic E-state index is -2.21. The van der Waals surface area contributed by atoms with Crippen LogP contribution < -0.4 is 0 Å². The maximum atomic E-state index is 12.3. The SMILES string of the molecule is O=C(OCCc1ccsc1)C1(C(=O)OCCc2ccsc2)OC=CO1. The van der Waals surface area contributed by atoms with Crippen molar-refractivity contribution in [3.63, 3.8) is 0 Å². The molecule has 0 aromatic carbocycles. The van der Waals surface area contributed by atoms with Crippen molar-refractivity contribution < 1.29 is 28.5 Å². The average Bonchev–Trinajstić information content (AvgIpc) is 3.37. The molecule has 0 saturated heterocycles. The predicted molar refractivity (Wildman–Crippen MR) is 92.0 cm³/mol. The van der Waals surface area contributed by atoms with Gasteiger partial charge in [-0.15, -0.1) is 0 Å². The third kappa shape index (κ3) is 4.21. The fraction of sp³-hybridized carbons (Fsp3) is 0.294. The van der Waals surface area contributed by atoms with E-state index in [0.29, 0.717) is 12.8 Å². The molecule has 6 nitrogen and oxygen atoms in total. The lowest BCUT2D eigenvalue weighted by atomic mass is 10.2. The predicted octanol–water partition coefficient (Wildman–Crippen LogP) is 2.90. The number of ether oxygens (including phenoxy) is 4. The van der Waals surface area contributed by atoms with Gasteiger partial charge >= 0.3 is 17.7 Å². The first-order chi connectivity index (χ1) is 12.2. The Labute approximate surface area is 152 Å². The van der Waals surface area contributed by atoms with Gasteiger partial charge in [0.1, 0.15) is 12.5 Å². The summed E-state index contributed by atoms with van der Waals surface area (Å²) in [6, 6.07) is 3.88. The van der Waals surface area contributed by atoms with E-state index in [0.717, 1.165) is 23.7 Å². The second kappa shape index (κ2) is 8.17. The van der Waals surface area contributed by atoms with Crippen molar-refractivity contribution >= 4 is 34.6 Å². The van der Waals surface area contributed by atoms with Crippen molar-refractivity contribution in [2.45, 2.75) is 18.6 Å². The van der Waals surface area contributed by atoms with Crippen LogP contribution in [0.25, 0.3) is 0 Å². The average molecular weight is 380 g/mol. The summed E-state index contributed by atoms with van der Waals surface area (Å²) >= 11 is 3.13. The number of thiophene rings is 2. The van der Waals surface area contributed by atoms with Gasteiger partial charge in [0.2, 0.25) is 0 Å². The molecule has 0 spiro atoms. The van der Waals surface area contributed by atoms with Crippen LogP contribution in [0.5, 0.6) is 0 Å². The fourth-order valence-electron chi connectivity index (χ4n) is 2.13. The highest BCUT2D eigenvalue weighted by Crippen LogP contribution is 2.24. The van der Waals surface area contributed by atoms with Gasteiger partial charge in [-0.1, -0.05) is 0 Å². The quantitative estimate of drug-likeness (QED) is 0.518. The molecule has 2 aromatic rings. The molecule has 0 N–H and O–H groups in total. The Kier molecular flexibility index (Phi) is 5.72. The van der Waals surface area contributed by atoms with Gasteiger partial charge in [0.15, 0.2) is 0 Å². The Bertz CT molecular complexity index is 658. The highest BCUT2D eigenvalue weighted by atomic mass is 32.1. The number of carbonyl (C=O) groups is 2. The summed E-state index contributed by atoms with van der Waals surface area (Å²) in [5.41, 5.74) is 2.10. The van der Waals surface area contributed by atoms with Crippen LogP contribution in [0.1, 0.15) is 11.1 Å². The van der Waals surface area contributed by atoms with E-state index in [1.54, 1.807) is 22.7 Å². The molecule has 132 valence electrons. The zero-order valence-corrected chi connectivity index (χ0v) is 14.8. The molecule has 2 aromatic heterocycles. The Morgan fingerprint density at radius 3 is 1.76 bits per heavy atom. The molecule has 0 radical (unpaired) electrons. The summed E-state index contributed by atoms with van der Waals surface area (Å²) in [4.78, 5) is 24.6. The first kappa shape index (κ1) is 17.5. The molecule has 0 aliphatic carbocycles. The lowest BCUT2D eigenvalue weighted by Gasteiger charge is -2.23. The van der Waals surface area contributed by atoms with Gasteiger partial charge in [-0.25, -0.2) is 9.59 Å². The van der Waals surface area contributed by atoms with Crippen LogP contribution in [-0.2, 0) is 41.4 Å². The van der Waals surface area contributed by atoms with Crippen LogP contribution in [0.15, 0.2) is 46.2 Å². The first-order valence-electron chi connectivity index (χ1n) is 7.58. The van der Waals surface area contributed by atoms with Crippen LogP contribution in [-0.4, -0.2) is 30.9 Å². The number of hydrogen-bond donors (Lipinski definition) is 0. The third-order valence-electron chi connectivity index (χ3n) is 3.47. The van der Waals surface area contributed by atoms with Crippen LogP contribution in [0.2, 0.25) is 0 Å². The molecule has 0 saturated carbocycles. The molecule has 1 aliphatic heterocycles. The normalized spacial score (nSPS) is 14.6. The molecule has 0 amide bonds. The van der Waals surface area contributed by atoms with Crippen LogP contribution >= 0.6 is 22.7 Å². The van der Waals surface area contributed by atoms with Gasteiger partial charge < -0.3 is 18.9 Å². The Morgan fingerprint density at radius 2 is 1.36 bits per heavy atom. The lowest BCUT2D eigenvalue weighted by Crippen LogP contribution is -2.50. The summed E-state index contributed by atoms with van der Waals surface area (Å²) in [7, 11) is 0. The first-order valence-corrected chi connectivity index (χ1v) is 9.46. The topological polar surface area (TPSA) is 71.1 Å². The standard InChI is InChI=1S/C17H16O6S2/c18-15(20-5-1-13-3-9-24-11-13)17(22-7-8-23-17)16(19)21-6-2-14-4-10-25-12-14/h3-4,7-12H,1-2,5-6H2. The van der Waals surface area contributed by atoms with Crippen molar-refractivity contribution in [3.8, 4) is 0 Å². The van der Waals surface area contributed by atoms with E-state index >= 15 is 0 Å².